The maximum Gasteiger partial charge on any atom is 0.302 e. The van der Waals surface area contributed by atoms with E-state index in [9.17, 15) is 8.42 Å². The van der Waals surface area contributed by atoms with Gasteiger partial charge in [-0.15, -0.1) is 0 Å². The smallest absolute Gasteiger partial charge is 0.302 e. The summed E-state index contributed by atoms with van der Waals surface area (Å²) in [4.78, 5) is 4.81. The molecule has 0 aliphatic carbocycles. The van der Waals surface area contributed by atoms with Crippen molar-refractivity contribution in [2.45, 2.75) is 32.4 Å². The average molecular weight is 224 g/mol. The SMILES string of the molecule is CC(C)(C)NS(=O)(=O)N1C[C@H](O)CO1. The summed E-state index contributed by atoms with van der Waals surface area (Å²) in [6.07, 6.45) is -0.744. The van der Waals surface area contributed by atoms with Crippen LogP contribution in [-0.4, -0.2) is 42.8 Å². The van der Waals surface area contributed by atoms with Crippen LogP contribution in [0.3, 0.4) is 0 Å². The highest BCUT2D eigenvalue weighted by molar-refractivity contribution is 7.87. The molecule has 0 saturated carbocycles. The molecule has 0 aromatic rings. The lowest BCUT2D eigenvalue weighted by Crippen LogP contribution is -2.47. The Kier molecular flexibility index (Phi) is 3.17. The van der Waals surface area contributed by atoms with E-state index in [1.807, 2.05) is 0 Å². The second-order valence-corrected chi connectivity index (χ2v) is 5.85. The Hall–Kier alpha value is -0.210. The van der Waals surface area contributed by atoms with Crippen molar-refractivity contribution in [3.8, 4) is 0 Å². The van der Waals surface area contributed by atoms with Crippen LogP contribution in [0.25, 0.3) is 0 Å². The zero-order valence-electron chi connectivity index (χ0n) is 8.52. The highest BCUT2D eigenvalue weighted by Crippen LogP contribution is 2.12. The summed E-state index contributed by atoms with van der Waals surface area (Å²) in [7, 11) is -3.65. The van der Waals surface area contributed by atoms with Crippen molar-refractivity contribution in [2.75, 3.05) is 13.2 Å². The van der Waals surface area contributed by atoms with E-state index in [0.717, 1.165) is 4.47 Å². The first-order chi connectivity index (χ1) is 6.21. The van der Waals surface area contributed by atoms with E-state index in [4.69, 9.17) is 9.94 Å². The number of β-amino-alcohol motifs (C(OH)–C–C–N with tert-alkyl or cyclic N) is 1. The van der Waals surface area contributed by atoms with Gasteiger partial charge in [-0.1, -0.05) is 4.47 Å². The number of rotatable bonds is 2. The Balaban J connectivity index is 2.67. The number of aliphatic hydroxyl groups is 1. The molecular formula is C7H16N2O4S. The normalized spacial score (nSPS) is 25.6. The molecule has 84 valence electrons. The quantitative estimate of drug-likeness (QED) is 0.645. The predicted octanol–water partition coefficient (Wildman–Crippen LogP) is -0.773. The second kappa shape index (κ2) is 3.74. The first kappa shape index (κ1) is 11.9. The van der Waals surface area contributed by atoms with Crippen LogP contribution in [0.1, 0.15) is 20.8 Å². The minimum absolute atomic E-state index is 0.0189. The predicted molar refractivity (Wildman–Crippen MR) is 50.5 cm³/mol. The molecule has 0 amide bonds. The molecule has 1 aliphatic heterocycles. The van der Waals surface area contributed by atoms with Gasteiger partial charge < -0.3 is 5.11 Å². The van der Waals surface area contributed by atoms with Crippen molar-refractivity contribution < 1.29 is 18.4 Å². The summed E-state index contributed by atoms with van der Waals surface area (Å²) in [5.41, 5.74) is -0.560. The molecule has 0 bridgehead atoms. The Bertz CT molecular complexity index is 295. The monoisotopic (exact) mass is 224 g/mol. The van der Waals surface area contributed by atoms with E-state index in [-0.39, 0.29) is 13.2 Å². The first-order valence-corrected chi connectivity index (χ1v) is 5.77. The van der Waals surface area contributed by atoms with Crippen molar-refractivity contribution in [3.05, 3.63) is 0 Å². The molecule has 0 unspecified atom stereocenters. The molecule has 0 aromatic carbocycles. The van der Waals surface area contributed by atoms with Gasteiger partial charge in [0.2, 0.25) is 0 Å². The third kappa shape index (κ3) is 3.18. The van der Waals surface area contributed by atoms with Gasteiger partial charge in [-0.2, -0.15) is 13.1 Å². The van der Waals surface area contributed by atoms with Crippen molar-refractivity contribution in [2.24, 2.45) is 0 Å². The highest BCUT2D eigenvalue weighted by Gasteiger charge is 2.34. The van der Waals surface area contributed by atoms with E-state index >= 15 is 0 Å². The Morgan fingerprint density at radius 1 is 1.50 bits per heavy atom. The summed E-state index contributed by atoms with van der Waals surface area (Å²) in [6, 6.07) is 0. The van der Waals surface area contributed by atoms with Crippen LogP contribution in [0.4, 0.5) is 0 Å². The highest BCUT2D eigenvalue weighted by atomic mass is 32.2. The minimum atomic E-state index is -3.65. The standard InChI is InChI=1S/C7H16N2O4S/c1-7(2,3)8-14(11,12)9-4-6(10)5-13-9/h6,8,10H,4-5H2,1-3H3/t6-/m0/s1. The molecule has 1 atom stereocenters. The van der Waals surface area contributed by atoms with E-state index < -0.39 is 21.9 Å². The van der Waals surface area contributed by atoms with Gasteiger partial charge in [0.05, 0.1) is 19.3 Å². The Morgan fingerprint density at radius 3 is 2.43 bits per heavy atom. The van der Waals surface area contributed by atoms with Crippen LogP contribution in [-0.2, 0) is 15.0 Å². The zero-order chi connectivity index (χ0) is 11.0. The first-order valence-electron chi connectivity index (χ1n) is 4.33. The molecular weight excluding hydrogens is 208 g/mol. The van der Waals surface area contributed by atoms with Crippen LogP contribution in [0.2, 0.25) is 0 Å². The molecule has 1 fully saturated rings. The van der Waals surface area contributed by atoms with Gasteiger partial charge in [0, 0.05) is 5.54 Å². The fourth-order valence-electron chi connectivity index (χ4n) is 1.05. The van der Waals surface area contributed by atoms with E-state index in [2.05, 4.69) is 4.72 Å². The number of hydroxylamine groups is 1. The number of nitrogens with zero attached hydrogens (tertiary/aromatic N) is 1. The van der Waals surface area contributed by atoms with Gasteiger partial charge in [0.25, 0.3) is 0 Å². The fraction of sp³-hybridized carbons (Fsp3) is 1.00. The summed E-state index contributed by atoms with van der Waals surface area (Å²) in [6.45, 7) is 5.20. The third-order valence-corrected chi connectivity index (χ3v) is 3.13. The van der Waals surface area contributed by atoms with Gasteiger partial charge in [0.1, 0.15) is 0 Å². The maximum absolute atomic E-state index is 11.6. The second-order valence-electron chi connectivity index (χ2n) is 4.29. The van der Waals surface area contributed by atoms with Crippen LogP contribution in [0, 0.1) is 0 Å². The molecule has 7 heteroatoms. The molecule has 0 aromatic heterocycles. The number of aliphatic hydroxyl groups excluding tert-OH is 1. The van der Waals surface area contributed by atoms with E-state index in [1.54, 1.807) is 20.8 Å². The average Bonchev–Trinajstić information content (AvgIpc) is 2.29. The Morgan fingerprint density at radius 2 is 2.07 bits per heavy atom. The zero-order valence-corrected chi connectivity index (χ0v) is 9.34. The molecule has 1 aliphatic rings. The molecule has 1 rings (SSSR count). The van der Waals surface area contributed by atoms with Gasteiger partial charge in [0.15, 0.2) is 0 Å². The lowest BCUT2D eigenvalue weighted by molar-refractivity contribution is -0.0334. The fourth-order valence-corrected chi connectivity index (χ4v) is 2.50. The summed E-state index contributed by atoms with van der Waals surface area (Å²) in [5, 5.41) is 9.10. The maximum atomic E-state index is 11.6. The van der Waals surface area contributed by atoms with Gasteiger partial charge in [-0.05, 0) is 20.8 Å². The Labute approximate surface area is 84.0 Å². The van der Waals surface area contributed by atoms with Gasteiger partial charge >= 0.3 is 10.2 Å². The molecule has 0 radical (unpaired) electrons. The molecule has 14 heavy (non-hydrogen) atoms. The number of hydrogen-bond acceptors (Lipinski definition) is 4. The number of hydrogen-bond donors (Lipinski definition) is 2. The summed E-state index contributed by atoms with van der Waals surface area (Å²) < 4.78 is 26.3. The lowest BCUT2D eigenvalue weighted by atomic mass is 10.1. The summed E-state index contributed by atoms with van der Waals surface area (Å²) in [5.74, 6) is 0. The molecule has 2 N–H and O–H groups in total. The number of nitrogens with one attached hydrogen (secondary N) is 1. The molecule has 1 heterocycles. The van der Waals surface area contributed by atoms with Crippen LogP contribution < -0.4 is 4.72 Å². The van der Waals surface area contributed by atoms with E-state index in [0.29, 0.717) is 0 Å². The molecule has 6 nitrogen and oxygen atoms in total. The van der Waals surface area contributed by atoms with Crippen LogP contribution >= 0.6 is 0 Å². The lowest BCUT2D eigenvalue weighted by Gasteiger charge is -2.23. The van der Waals surface area contributed by atoms with Crippen molar-refractivity contribution >= 4 is 10.2 Å². The summed E-state index contributed by atoms with van der Waals surface area (Å²) >= 11 is 0. The van der Waals surface area contributed by atoms with Crippen molar-refractivity contribution in [3.63, 3.8) is 0 Å². The van der Waals surface area contributed by atoms with E-state index in [1.165, 1.54) is 0 Å². The van der Waals surface area contributed by atoms with Gasteiger partial charge in [-0.3, -0.25) is 4.84 Å². The minimum Gasteiger partial charge on any atom is -0.389 e. The molecule has 0 spiro atoms. The third-order valence-electron chi connectivity index (χ3n) is 1.47. The van der Waals surface area contributed by atoms with Crippen molar-refractivity contribution in [1.29, 1.82) is 0 Å². The topological polar surface area (TPSA) is 78.9 Å². The van der Waals surface area contributed by atoms with Crippen LogP contribution in [0.15, 0.2) is 0 Å². The molecule has 1 saturated heterocycles. The van der Waals surface area contributed by atoms with Crippen LogP contribution in [0.5, 0.6) is 0 Å². The van der Waals surface area contributed by atoms with Gasteiger partial charge in [-0.25, -0.2) is 0 Å². The van der Waals surface area contributed by atoms with Crippen molar-refractivity contribution in [1.82, 2.24) is 9.19 Å². The largest absolute Gasteiger partial charge is 0.389 e.